The minimum absolute atomic E-state index is 0.151. The minimum atomic E-state index is -0.151. The fraction of sp³-hybridized carbons (Fsp3) is 0.278. The second-order valence-corrected chi connectivity index (χ2v) is 5.79. The van der Waals surface area contributed by atoms with Crippen LogP contribution in [0.5, 0.6) is 5.75 Å². The Hall–Kier alpha value is -1.85. The van der Waals surface area contributed by atoms with Crippen molar-refractivity contribution in [3.63, 3.8) is 0 Å². The molecule has 1 amide bonds. The van der Waals surface area contributed by atoms with Crippen molar-refractivity contribution in [3.8, 4) is 5.75 Å². The predicted octanol–water partition coefficient (Wildman–Crippen LogP) is 3.92. The van der Waals surface area contributed by atoms with Crippen LogP contribution in [-0.2, 0) is 17.9 Å². The number of hydrogen-bond acceptors (Lipinski definition) is 3. The Kier molecular flexibility index (Phi) is 6.62. The quantitative estimate of drug-likeness (QED) is 0.795. The van der Waals surface area contributed by atoms with Gasteiger partial charge in [-0.15, -0.1) is 0 Å². The molecule has 0 spiro atoms. The summed E-state index contributed by atoms with van der Waals surface area (Å²) in [6, 6.07) is 13.3. The number of rotatable bonds is 7. The van der Waals surface area contributed by atoms with E-state index in [-0.39, 0.29) is 5.91 Å². The lowest BCUT2D eigenvalue weighted by Crippen LogP contribution is -2.24. The van der Waals surface area contributed by atoms with Crippen molar-refractivity contribution in [1.29, 1.82) is 0 Å². The number of nitrogens with one attached hydrogen (secondary N) is 1. The Morgan fingerprint density at radius 2 is 1.91 bits per heavy atom. The van der Waals surface area contributed by atoms with E-state index in [1.54, 1.807) is 25.3 Å². The van der Waals surface area contributed by atoms with Crippen LogP contribution >= 0.6 is 15.9 Å². The summed E-state index contributed by atoms with van der Waals surface area (Å²) in [6.45, 7) is 3.62. The Morgan fingerprint density at radius 3 is 2.61 bits per heavy atom. The number of hydrogen-bond donors (Lipinski definition) is 1. The summed E-state index contributed by atoms with van der Waals surface area (Å²) in [5, 5.41) is 2.94. The fourth-order valence-corrected chi connectivity index (χ4v) is 2.59. The molecule has 0 radical (unpaired) electrons. The van der Waals surface area contributed by atoms with Crippen molar-refractivity contribution in [2.24, 2.45) is 0 Å². The van der Waals surface area contributed by atoms with Gasteiger partial charge in [-0.05, 0) is 52.2 Å². The largest absolute Gasteiger partial charge is 0.497 e. The first-order valence-corrected chi connectivity index (χ1v) is 8.21. The third-order valence-corrected chi connectivity index (χ3v) is 4.13. The second kappa shape index (κ2) is 8.70. The maximum atomic E-state index is 12.4. The third-order valence-electron chi connectivity index (χ3n) is 3.44. The number of amides is 1. The molecule has 23 heavy (non-hydrogen) atoms. The monoisotopic (exact) mass is 377 g/mol. The van der Waals surface area contributed by atoms with Crippen LogP contribution in [0.15, 0.2) is 46.9 Å². The zero-order valence-electron chi connectivity index (χ0n) is 13.3. The summed E-state index contributed by atoms with van der Waals surface area (Å²) in [5.74, 6) is 0.497. The van der Waals surface area contributed by atoms with E-state index >= 15 is 0 Å². The summed E-state index contributed by atoms with van der Waals surface area (Å²) in [7, 11) is 1.58. The van der Waals surface area contributed by atoms with Gasteiger partial charge in [0.2, 0.25) is 0 Å². The van der Waals surface area contributed by atoms with Gasteiger partial charge in [0.05, 0.1) is 19.3 Å². The Morgan fingerprint density at radius 1 is 1.17 bits per heavy atom. The van der Waals surface area contributed by atoms with Crippen LogP contribution in [0.2, 0.25) is 0 Å². The molecule has 122 valence electrons. The highest BCUT2D eigenvalue weighted by Crippen LogP contribution is 2.22. The molecule has 5 heteroatoms. The Labute approximate surface area is 144 Å². The van der Waals surface area contributed by atoms with Gasteiger partial charge in [-0.3, -0.25) is 4.79 Å². The molecule has 4 nitrogen and oxygen atoms in total. The number of methoxy groups -OCH3 is 1. The van der Waals surface area contributed by atoms with Crippen molar-refractivity contribution in [3.05, 3.63) is 63.6 Å². The topological polar surface area (TPSA) is 47.6 Å². The van der Waals surface area contributed by atoms with E-state index in [0.29, 0.717) is 31.1 Å². The lowest BCUT2D eigenvalue weighted by molar-refractivity contribution is 0.0948. The number of benzene rings is 2. The molecule has 2 aromatic rings. The third kappa shape index (κ3) is 4.81. The van der Waals surface area contributed by atoms with Crippen LogP contribution in [0.3, 0.4) is 0 Å². The summed E-state index contributed by atoms with van der Waals surface area (Å²) < 4.78 is 11.4. The number of halogens is 1. The molecule has 0 aliphatic rings. The first kappa shape index (κ1) is 17.5. The van der Waals surface area contributed by atoms with Crippen LogP contribution in [0, 0.1) is 0 Å². The maximum Gasteiger partial charge on any atom is 0.252 e. The van der Waals surface area contributed by atoms with Gasteiger partial charge in [0.25, 0.3) is 5.91 Å². The van der Waals surface area contributed by atoms with Crippen LogP contribution in [0.25, 0.3) is 0 Å². The summed E-state index contributed by atoms with van der Waals surface area (Å²) in [4.78, 5) is 12.4. The molecule has 0 unspecified atom stereocenters. The molecule has 0 heterocycles. The summed E-state index contributed by atoms with van der Waals surface area (Å²) in [6.07, 6.45) is 0. The molecule has 1 N–H and O–H groups in total. The highest BCUT2D eigenvalue weighted by atomic mass is 79.9. The molecule has 2 aromatic carbocycles. The highest BCUT2D eigenvalue weighted by molar-refractivity contribution is 9.10. The first-order chi connectivity index (χ1) is 11.2. The minimum Gasteiger partial charge on any atom is -0.497 e. The van der Waals surface area contributed by atoms with Gasteiger partial charge < -0.3 is 14.8 Å². The Balaban J connectivity index is 2.08. The van der Waals surface area contributed by atoms with Crippen molar-refractivity contribution >= 4 is 21.8 Å². The van der Waals surface area contributed by atoms with Crippen molar-refractivity contribution in [1.82, 2.24) is 5.32 Å². The van der Waals surface area contributed by atoms with Crippen molar-refractivity contribution in [2.75, 3.05) is 13.7 Å². The standard InChI is InChI=1S/C18H20BrNO3/c1-3-23-12-14-7-5-4-6-13(14)11-20-18(21)16-10-15(22-2)8-9-17(16)19/h4-10H,3,11-12H2,1-2H3,(H,20,21). The highest BCUT2D eigenvalue weighted by Gasteiger charge is 2.12. The zero-order chi connectivity index (χ0) is 16.7. The molecule has 0 aromatic heterocycles. The maximum absolute atomic E-state index is 12.4. The molecule has 0 fully saturated rings. The van der Waals surface area contributed by atoms with Crippen LogP contribution in [-0.4, -0.2) is 19.6 Å². The summed E-state index contributed by atoms with van der Waals surface area (Å²) >= 11 is 3.40. The lowest BCUT2D eigenvalue weighted by atomic mass is 10.1. The molecule has 0 saturated heterocycles. The van der Waals surface area contributed by atoms with E-state index in [4.69, 9.17) is 9.47 Å². The number of carbonyl (C=O) groups excluding carboxylic acids is 1. The van der Waals surface area contributed by atoms with Gasteiger partial charge in [0.1, 0.15) is 5.75 Å². The molecule has 0 aliphatic heterocycles. The van der Waals surface area contributed by atoms with Gasteiger partial charge in [0.15, 0.2) is 0 Å². The average molecular weight is 378 g/mol. The van der Waals surface area contributed by atoms with Gasteiger partial charge in [0, 0.05) is 17.6 Å². The SMILES string of the molecule is CCOCc1ccccc1CNC(=O)c1cc(OC)ccc1Br. The van der Waals surface area contributed by atoms with Crippen molar-refractivity contribution < 1.29 is 14.3 Å². The normalized spacial score (nSPS) is 10.4. The van der Waals surface area contributed by atoms with E-state index in [0.717, 1.165) is 15.6 Å². The van der Waals surface area contributed by atoms with Gasteiger partial charge in [-0.2, -0.15) is 0 Å². The fourth-order valence-electron chi connectivity index (χ4n) is 2.16. The molecule has 0 aliphatic carbocycles. The predicted molar refractivity (Wildman–Crippen MR) is 93.6 cm³/mol. The van der Waals surface area contributed by atoms with E-state index < -0.39 is 0 Å². The number of carbonyl (C=O) groups is 1. The second-order valence-electron chi connectivity index (χ2n) is 4.93. The Bertz CT molecular complexity index is 673. The van der Waals surface area contributed by atoms with Gasteiger partial charge in [-0.25, -0.2) is 0 Å². The molecular formula is C18H20BrNO3. The van der Waals surface area contributed by atoms with E-state index in [2.05, 4.69) is 21.2 Å². The number of ether oxygens (including phenoxy) is 2. The van der Waals surface area contributed by atoms with Crippen LogP contribution in [0.1, 0.15) is 28.4 Å². The molecule has 0 bridgehead atoms. The van der Waals surface area contributed by atoms with Crippen molar-refractivity contribution in [2.45, 2.75) is 20.1 Å². The van der Waals surface area contributed by atoms with Gasteiger partial charge >= 0.3 is 0 Å². The lowest BCUT2D eigenvalue weighted by Gasteiger charge is -2.12. The van der Waals surface area contributed by atoms with E-state index in [1.165, 1.54) is 0 Å². The first-order valence-electron chi connectivity index (χ1n) is 7.42. The average Bonchev–Trinajstić information content (AvgIpc) is 2.59. The molecular weight excluding hydrogens is 358 g/mol. The molecule has 0 atom stereocenters. The smallest absolute Gasteiger partial charge is 0.252 e. The molecule has 2 rings (SSSR count). The van der Waals surface area contributed by atoms with E-state index in [9.17, 15) is 4.79 Å². The molecule has 0 saturated carbocycles. The summed E-state index contributed by atoms with van der Waals surface area (Å²) in [5.41, 5.74) is 2.68. The van der Waals surface area contributed by atoms with Crippen LogP contribution in [0.4, 0.5) is 0 Å². The zero-order valence-corrected chi connectivity index (χ0v) is 14.9. The van der Waals surface area contributed by atoms with Gasteiger partial charge in [-0.1, -0.05) is 24.3 Å². The van der Waals surface area contributed by atoms with E-state index in [1.807, 2.05) is 31.2 Å². The van der Waals surface area contributed by atoms with Crippen LogP contribution < -0.4 is 10.1 Å².